The summed E-state index contributed by atoms with van der Waals surface area (Å²) in [7, 11) is 0. The predicted octanol–water partition coefficient (Wildman–Crippen LogP) is 4.11. The first kappa shape index (κ1) is 20.8. The molecular formula is C18H24N4O4S. The number of amides is 1. The fourth-order valence-corrected chi connectivity index (χ4v) is 3.96. The van der Waals surface area contributed by atoms with Gasteiger partial charge < -0.3 is 15.0 Å². The van der Waals surface area contributed by atoms with Crippen molar-refractivity contribution in [2.24, 2.45) is 5.73 Å². The molecule has 2 N–H and O–H groups in total. The Kier molecular flexibility index (Phi) is 7.23. The van der Waals surface area contributed by atoms with Crippen molar-refractivity contribution < 1.29 is 14.5 Å². The number of nitro benzene ring substituents is 1. The Morgan fingerprint density at radius 2 is 2.19 bits per heavy atom. The second-order valence-corrected chi connectivity index (χ2v) is 7.31. The van der Waals surface area contributed by atoms with Crippen LogP contribution in [-0.4, -0.2) is 27.2 Å². The van der Waals surface area contributed by atoms with Gasteiger partial charge in [0.15, 0.2) is 0 Å². The van der Waals surface area contributed by atoms with Crippen LogP contribution in [0.1, 0.15) is 44.6 Å². The van der Waals surface area contributed by atoms with Crippen molar-refractivity contribution in [3.63, 3.8) is 0 Å². The third kappa shape index (κ3) is 5.46. The van der Waals surface area contributed by atoms with Gasteiger partial charge in [-0.05, 0) is 25.3 Å². The standard InChI is InChI=1S/C18H24N4O4S/c1-4-21-15(9-6-10-26-18(19)23)20-16(12(2)3)17(21)27-14-8-5-7-13(11-14)22(24)25/h5,7-8,11-12H,4,6,9-10H2,1-3H3,(H2,19,23). The molecule has 2 rings (SSSR count). The van der Waals surface area contributed by atoms with E-state index in [0.29, 0.717) is 12.8 Å². The number of hydrogen-bond acceptors (Lipinski definition) is 6. The summed E-state index contributed by atoms with van der Waals surface area (Å²) < 4.78 is 6.90. The van der Waals surface area contributed by atoms with Crippen LogP contribution >= 0.6 is 11.8 Å². The summed E-state index contributed by atoms with van der Waals surface area (Å²) in [6.07, 6.45) is 0.494. The van der Waals surface area contributed by atoms with Gasteiger partial charge in [-0.1, -0.05) is 31.7 Å². The van der Waals surface area contributed by atoms with Gasteiger partial charge in [0.2, 0.25) is 0 Å². The number of nitro groups is 1. The molecular weight excluding hydrogens is 368 g/mol. The van der Waals surface area contributed by atoms with Crippen LogP contribution in [0.2, 0.25) is 0 Å². The summed E-state index contributed by atoms with van der Waals surface area (Å²) >= 11 is 1.48. The number of nitrogens with zero attached hydrogens (tertiary/aromatic N) is 3. The number of aryl methyl sites for hydroxylation is 1. The van der Waals surface area contributed by atoms with E-state index in [0.717, 1.165) is 28.0 Å². The topological polar surface area (TPSA) is 113 Å². The van der Waals surface area contributed by atoms with E-state index in [4.69, 9.17) is 15.5 Å². The van der Waals surface area contributed by atoms with Crippen molar-refractivity contribution in [2.45, 2.75) is 56.0 Å². The zero-order valence-corrected chi connectivity index (χ0v) is 16.5. The molecule has 0 saturated heterocycles. The van der Waals surface area contributed by atoms with E-state index in [-0.39, 0.29) is 18.2 Å². The summed E-state index contributed by atoms with van der Waals surface area (Å²) in [6.45, 7) is 7.14. The van der Waals surface area contributed by atoms with Crippen molar-refractivity contribution in [3.05, 3.63) is 45.9 Å². The zero-order chi connectivity index (χ0) is 20.0. The second-order valence-electron chi connectivity index (χ2n) is 6.24. The van der Waals surface area contributed by atoms with Crippen LogP contribution in [-0.2, 0) is 17.7 Å². The minimum atomic E-state index is -0.779. The maximum atomic E-state index is 11.0. The van der Waals surface area contributed by atoms with Crippen LogP contribution in [0.15, 0.2) is 34.2 Å². The summed E-state index contributed by atoms with van der Waals surface area (Å²) in [5, 5.41) is 12.0. The van der Waals surface area contributed by atoms with Gasteiger partial charge in [-0.2, -0.15) is 0 Å². The average Bonchev–Trinajstić information content (AvgIpc) is 2.96. The normalized spacial score (nSPS) is 11.0. The minimum absolute atomic E-state index is 0.0671. The highest BCUT2D eigenvalue weighted by molar-refractivity contribution is 7.99. The molecule has 0 fully saturated rings. The molecule has 0 aliphatic heterocycles. The van der Waals surface area contributed by atoms with Gasteiger partial charge in [0, 0.05) is 30.0 Å². The third-order valence-electron chi connectivity index (χ3n) is 3.92. The molecule has 0 spiro atoms. The molecule has 0 atom stereocenters. The maximum absolute atomic E-state index is 11.0. The molecule has 0 radical (unpaired) electrons. The number of nitrogens with two attached hydrogens (primary N) is 1. The SMILES string of the molecule is CCn1c(CCCOC(N)=O)nc(C(C)C)c1Sc1cccc([N+](=O)[O-])c1. The summed E-state index contributed by atoms with van der Waals surface area (Å²) in [6, 6.07) is 6.59. The number of benzene rings is 1. The lowest BCUT2D eigenvalue weighted by Gasteiger charge is -2.11. The molecule has 0 bridgehead atoms. The monoisotopic (exact) mass is 392 g/mol. The molecule has 1 aromatic heterocycles. The first-order valence-corrected chi connectivity index (χ1v) is 9.59. The van der Waals surface area contributed by atoms with Gasteiger partial charge in [-0.25, -0.2) is 9.78 Å². The molecule has 0 saturated carbocycles. The van der Waals surface area contributed by atoms with Crippen molar-refractivity contribution in [1.82, 2.24) is 9.55 Å². The lowest BCUT2D eigenvalue weighted by atomic mass is 10.1. The van der Waals surface area contributed by atoms with Crippen molar-refractivity contribution in [2.75, 3.05) is 6.61 Å². The highest BCUT2D eigenvalue weighted by Crippen LogP contribution is 2.36. The maximum Gasteiger partial charge on any atom is 0.404 e. The highest BCUT2D eigenvalue weighted by Gasteiger charge is 2.20. The molecule has 1 heterocycles. The Hall–Kier alpha value is -2.55. The zero-order valence-electron chi connectivity index (χ0n) is 15.7. The van der Waals surface area contributed by atoms with Gasteiger partial charge >= 0.3 is 6.09 Å². The van der Waals surface area contributed by atoms with Gasteiger partial charge in [0.1, 0.15) is 10.9 Å². The molecule has 8 nitrogen and oxygen atoms in total. The number of aromatic nitrogens is 2. The van der Waals surface area contributed by atoms with E-state index in [1.165, 1.54) is 17.8 Å². The lowest BCUT2D eigenvalue weighted by molar-refractivity contribution is -0.385. The predicted molar refractivity (Wildman–Crippen MR) is 103 cm³/mol. The number of carbonyl (C=O) groups is 1. The van der Waals surface area contributed by atoms with Gasteiger partial charge in [-0.3, -0.25) is 10.1 Å². The molecule has 27 heavy (non-hydrogen) atoms. The largest absolute Gasteiger partial charge is 0.450 e. The van der Waals surface area contributed by atoms with E-state index in [1.54, 1.807) is 12.1 Å². The fourth-order valence-electron chi connectivity index (χ4n) is 2.68. The number of rotatable bonds is 9. The van der Waals surface area contributed by atoms with Gasteiger partial charge in [0.25, 0.3) is 5.69 Å². The molecule has 1 aromatic carbocycles. The molecule has 2 aromatic rings. The Bertz CT molecular complexity index is 820. The molecule has 9 heteroatoms. The average molecular weight is 392 g/mol. The Balaban J connectivity index is 2.29. The number of imidazole rings is 1. The second kappa shape index (κ2) is 9.40. The Morgan fingerprint density at radius 1 is 1.44 bits per heavy atom. The molecule has 0 aliphatic rings. The summed E-state index contributed by atoms with van der Waals surface area (Å²) in [5.41, 5.74) is 6.01. The first-order valence-electron chi connectivity index (χ1n) is 8.77. The molecule has 0 unspecified atom stereocenters. The quantitative estimate of drug-likeness (QED) is 0.390. The van der Waals surface area contributed by atoms with Gasteiger partial charge in [-0.15, -0.1) is 0 Å². The van der Waals surface area contributed by atoms with Crippen molar-refractivity contribution >= 4 is 23.5 Å². The number of primary amides is 1. The number of hydrogen-bond donors (Lipinski definition) is 1. The molecule has 0 aliphatic carbocycles. The fraction of sp³-hybridized carbons (Fsp3) is 0.444. The van der Waals surface area contributed by atoms with Crippen molar-refractivity contribution in [1.29, 1.82) is 0 Å². The van der Waals surface area contributed by atoms with Gasteiger partial charge in [0.05, 0.1) is 17.2 Å². The van der Waals surface area contributed by atoms with Crippen LogP contribution in [0.3, 0.4) is 0 Å². The van der Waals surface area contributed by atoms with Crippen molar-refractivity contribution in [3.8, 4) is 0 Å². The smallest absolute Gasteiger partial charge is 0.404 e. The third-order valence-corrected chi connectivity index (χ3v) is 5.03. The number of non-ortho nitro benzene ring substituents is 1. The van der Waals surface area contributed by atoms with E-state index < -0.39 is 11.0 Å². The lowest BCUT2D eigenvalue weighted by Crippen LogP contribution is -2.14. The minimum Gasteiger partial charge on any atom is -0.450 e. The number of carbonyl (C=O) groups excluding carboxylic acids is 1. The summed E-state index contributed by atoms with van der Waals surface area (Å²) in [4.78, 5) is 26.9. The van der Waals surface area contributed by atoms with Crippen LogP contribution in [0.4, 0.5) is 10.5 Å². The highest BCUT2D eigenvalue weighted by atomic mass is 32.2. The number of ether oxygens (including phenoxy) is 1. The van der Waals surface area contributed by atoms with E-state index in [2.05, 4.69) is 18.4 Å². The Morgan fingerprint density at radius 3 is 2.78 bits per heavy atom. The van der Waals surface area contributed by atoms with Crippen LogP contribution in [0.5, 0.6) is 0 Å². The first-order chi connectivity index (χ1) is 12.8. The summed E-state index contributed by atoms with van der Waals surface area (Å²) in [5.74, 6) is 1.11. The van der Waals surface area contributed by atoms with Crippen LogP contribution in [0.25, 0.3) is 0 Å². The van der Waals surface area contributed by atoms with E-state index in [9.17, 15) is 14.9 Å². The molecule has 146 valence electrons. The van der Waals surface area contributed by atoms with Crippen LogP contribution < -0.4 is 5.73 Å². The molecule has 1 amide bonds. The van der Waals surface area contributed by atoms with E-state index in [1.807, 2.05) is 13.0 Å². The Labute approximate surface area is 162 Å². The van der Waals surface area contributed by atoms with Crippen LogP contribution in [0, 0.1) is 10.1 Å². The van der Waals surface area contributed by atoms with E-state index >= 15 is 0 Å².